The highest BCUT2D eigenvalue weighted by Gasteiger charge is 2.43. The van der Waals surface area contributed by atoms with Crippen molar-refractivity contribution in [3.05, 3.63) is 66.2 Å². The number of halogens is 1. The summed E-state index contributed by atoms with van der Waals surface area (Å²) in [5, 5.41) is 11.3. The Morgan fingerprint density at radius 1 is 1.00 bits per heavy atom. The number of hydrogen-bond acceptors (Lipinski definition) is 6. The molecule has 0 bridgehead atoms. The molecule has 1 fully saturated rings. The van der Waals surface area contributed by atoms with E-state index in [-0.39, 0.29) is 17.4 Å². The smallest absolute Gasteiger partial charge is 0.228 e. The topological polar surface area (TPSA) is 87.2 Å². The summed E-state index contributed by atoms with van der Waals surface area (Å²) in [5.74, 6) is 0.509. The number of carbonyl (C=O) groups excluding carboxylic acids is 1. The summed E-state index contributed by atoms with van der Waals surface area (Å²) in [5.41, 5.74) is 5.74. The van der Waals surface area contributed by atoms with Crippen LogP contribution in [0.25, 0.3) is 28.2 Å². The summed E-state index contributed by atoms with van der Waals surface area (Å²) in [4.78, 5) is 23.9. The number of nitrogens with zero attached hydrogens (tertiary/aromatic N) is 6. The van der Waals surface area contributed by atoms with E-state index in [1.165, 1.54) is 12.1 Å². The number of aromatic nitrogens is 3. The highest BCUT2D eigenvalue weighted by atomic mass is 19.1. The third-order valence-electron chi connectivity index (χ3n) is 6.89. The molecule has 8 nitrogen and oxygen atoms in total. The number of imidazole rings is 1. The minimum Gasteiger partial charge on any atom is -0.353 e. The minimum atomic E-state index is -0.295. The summed E-state index contributed by atoms with van der Waals surface area (Å²) in [6.07, 6.45) is 5.79. The Morgan fingerprint density at radius 3 is 2.53 bits per heavy atom. The largest absolute Gasteiger partial charge is 0.353 e. The Labute approximate surface area is 194 Å². The van der Waals surface area contributed by atoms with E-state index >= 15 is 0 Å². The molecule has 1 N–H and O–H groups in total. The number of rotatable bonds is 3. The van der Waals surface area contributed by atoms with E-state index in [0.717, 1.165) is 71.2 Å². The highest BCUT2D eigenvalue weighted by Crippen LogP contribution is 2.41. The molecule has 2 aromatic heterocycles. The third-order valence-corrected chi connectivity index (χ3v) is 6.89. The molecule has 0 aliphatic carbocycles. The standard InChI is InChI=1S/C25H20FN7O/c26-18-4-1-15(2-5-18)21-22(16-3-6-19-17(13-16)14-20(34)28-19)33-12-9-27-23(24(33)29-21)32-10-7-25(8-11-32)30-31-25/h1-6,9,12-13H,7-8,10-11,14H2,(H,28,34). The second kappa shape index (κ2) is 6.93. The Kier molecular flexibility index (Phi) is 3.94. The van der Waals surface area contributed by atoms with Crippen molar-refractivity contribution in [1.82, 2.24) is 14.4 Å². The molecule has 7 rings (SSSR count). The first-order valence-corrected chi connectivity index (χ1v) is 11.3. The van der Waals surface area contributed by atoms with E-state index in [1.807, 2.05) is 28.8 Å². The number of carbonyl (C=O) groups is 1. The van der Waals surface area contributed by atoms with Crippen molar-refractivity contribution < 1.29 is 9.18 Å². The van der Waals surface area contributed by atoms with E-state index in [2.05, 4.69) is 25.4 Å². The van der Waals surface area contributed by atoms with Crippen LogP contribution in [0.4, 0.5) is 15.9 Å². The van der Waals surface area contributed by atoms with Crippen LogP contribution in [-0.4, -0.2) is 39.0 Å². The van der Waals surface area contributed by atoms with Crippen molar-refractivity contribution >= 4 is 23.1 Å². The summed E-state index contributed by atoms with van der Waals surface area (Å²) in [6, 6.07) is 12.3. The molecular weight excluding hydrogens is 433 g/mol. The van der Waals surface area contributed by atoms with Crippen LogP contribution in [0.1, 0.15) is 18.4 Å². The van der Waals surface area contributed by atoms with Crippen LogP contribution < -0.4 is 10.2 Å². The fraction of sp³-hybridized carbons (Fsp3) is 0.240. The van der Waals surface area contributed by atoms with Crippen LogP contribution in [0, 0.1) is 5.82 Å². The molecule has 0 radical (unpaired) electrons. The second-order valence-corrected chi connectivity index (χ2v) is 9.03. The van der Waals surface area contributed by atoms with Gasteiger partial charge in [-0.2, -0.15) is 10.2 Å². The number of anilines is 2. The molecule has 5 heterocycles. The van der Waals surface area contributed by atoms with Crippen LogP contribution >= 0.6 is 0 Å². The molecule has 3 aliphatic rings. The molecule has 4 aromatic rings. The van der Waals surface area contributed by atoms with Gasteiger partial charge < -0.3 is 10.2 Å². The molecule has 1 saturated heterocycles. The maximum absolute atomic E-state index is 13.7. The number of fused-ring (bicyclic) bond motifs is 2. The van der Waals surface area contributed by atoms with Crippen LogP contribution in [0.5, 0.6) is 0 Å². The van der Waals surface area contributed by atoms with Crippen molar-refractivity contribution in [3.8, 4) is 22.5 Å². The fourth-order valence-corrected chi connectivity index (χ4v) is 5.00. The van der Waals surface area contributed by atoms with Gasteiger partial charge in [-0.1, -0.05) is 6.07 Å². The van der Waals surface area contributed by atoms with Crippen molar-refractivity contribution in [3.63, 3.8) is 0 Å². The molecule has 168 valence electrons. The fourth-order valence-electron chi connectivity index (χ4n) is 5.00. The second-order valence-electron chi connectivity index (χ2n) is 9.03. The zero-order chi connectivity index (χ0) is 22.9. The average Bonchev–Trinajstić information content (AvgIpc) is 3.31. The van der Waals surface area contributed by atoms with Crippen molar-refractivity contribution in [2.75, 3.05) is 23.3 Å². The Bertz CT molecular complexity index is 1490. The van der Waals surface area contributed by atoms with Gasteiger partial charge in [0.1, 0.15) is 5.82 Å². The number of hydrogen-bond donors (Lipinski definition) is 1. The first kappa shape index (κ1) is 19.3. The van der Waals surface area contributed by atoms with Crippen LogP contribution in [-0.2, 0) is 11.2 Å². The first-order chi connectivity index (χ1) is 16.6. The predicted octanol–water partition coefficient (Wildman–Crippen LogP) is 4.46. The lowest BCUT2D eigenvalue weighted by molar-refractivity contribution is -0.115. The summed E-state index contributed by atoms with van der Waals surface area (Å²) < 4.78 is 15.7. The highest BCUT2D eigenvalue weighted by molar-refractivity contribution is 6.00. The zero-order valence-electron chi connectivity index (χ0n) is 18.2. The minimum absolute atomic E-state index is 0.00691. The molecule has 0 atom stereocenters. The van der Waals surface area contributed by atoms with Gasteiger partial charge in [-0.05, 0) is 42.0 Å². The van der Waals surface area contributed by atoms with E-state index in [4.69, 9.17) is 4.98 Å². The van der Waals surface area contributed by atoms with E-state index in [9.17, 15) is 9.18 Å². The Hall–Kier alpha value is -4.14. The Morgan fingerprint density at radius 2 is 1.76 bits per heavy atom. The normalized spacial score (nSPS) is 17.9. The van der Waals surface area contributed by atoms with Gasteiger partial charge in [0.15, 0.2) is 17.1 Å². The van der Waals surface area contributed by atoms with Gasteiger partial charge in [0, 0.05) is 55.1 Å². The van der Waals surface area contributed by atoms with Crippen molar-refractivity contribution in [2.24, 2.45) is 10.2 Å². The lowest BCUT2D eigenvalue weighted by Gasteiger charge is -2.30. The Balaban J connectivity index is 1.40. The summed E-state index contributed by atoms with van der Waals surface area (Å²) in [6.45, 7) is 1.61. The van der Waals surface area contributed by atoms with Crippen LogP contribution in [0.15, 0.2) is 65.1 Å². The molecule has 0 unspecified atom stereocenters. The molecule has 0 saturated carbocycles. The summed E-state index contributed by atoms with van der Waals surface area (Å²) >= 11 is 0. The molecular formula is C25H20FN7O. The lowest BCUT2D eigenvalue weighted by atomic mass is 10.0. The van der Waals surface area contributed by atoms with Crippen LogP contribution in [0.3, 0.4) is 0 Å². The van der Waals surface area contributed by atoms with Gasteiger partial charge in [-0.3, -0.25) is 9.20 Å². The molecule has 1 spiro atoms. The molecule has 1 amide bonds. The number of benzene rings is 2. The lowest BCUT2D eigenvalue weighted by Crippen LogP contribution is -2.38. The van der Waals surface area contributed by atoms with Gasteiger partial charge in [-0.25, -0.2) is 14.4 Å². The van der Waals surface area contributed by atoms with Gasteiger partial charge in [0.2, 0.25) is 5.91 Å². The van der Waals surface area contributed by atoms with Gasteiger partial charge in [-0.15, -0.1) is 0 Å². The van der Waals surface area contributed by atoms with E-state index < -0.39 is 0 Å². The monoisotopic (exact) mass is 453 g/mol. The van der Waals surface area contributed by atoms with Crippen molar-refractivity contribution in [2.45, 2.75) is 24.9 Å². The van der Waals surface area contributed by atoms with Gasteiger partial charge >= 0.3 is 0 Å². The first-order valence-electron chi connectivity index (χ1n) is 11.3. The maximum atomic E-state index is 13.7. The zero-order valence-corrected chi connectivity index (χ0v) is 18.2. The molecule has 9 heteroatoms. The molecule has 34 heavy (non-hydrogen) atoms. The SMILES string of the molecule is O=C1Cc2cc(-c3c(-c4ccc(F)cc4)nc4c(N5CCC6(CC5)N=N6)nccn34)ccc2N1. The third kappa shape index (κ3) is 3.00. The number of piperidine rings is 1. The predicted molar refractivity (Wildman–Crippen MR) is 125 cm³/mol. The maximum Gasteiger partial charge on any atom is 0.228 e. The van der Waals surface area contributed by atoms with Gasteiger partial charge in [0.25, 0.3) is 0 Å². The van der Waals surface area contributed by atoms with Crippen molar-refractivity contribution in [1.29, 1.82) is 0 Å². The van der Waals surface area contributed by atoms with E-state index in [1.54, 1.807) is 18.3 Å². The number of amides is 1. The van der Waals surface area contributed by atoms with Crippen LogP contribution in [0.2, 0.25) is 0 Å². The molecule has 3 aliphatic heterocycles. The quantitative estimate of drug-likeness (QED) is 0.496. The van der Waals surface area contributed by atoms with E-state index in [0.29, 0.717) is 6.42 Å². The average molecular weight is 453 g/mol. The summed E-state index contributed by atoms with van der Waals surface area (Å²) in [7, 11) is 0. The molecule has 2 aromatic carbocycles. The number of nitrogens with one attached hydrogen (secondary N) is 1. The van der Waals surface area contributed by atoms with Gasteiger partial charge in [0.05, 0.1) is 17.8 Å².